The zero-order valence-corrected chi connectivity index (χ0v) is 11.3. The van der Waals surface area contributed by atoms with Crippen LogP contribution in [0.2, 0.25) is 0 Å². The highest BCUT2D eigenvalue weighted by atomic mass is 16.5. The van der Waals surface area contributed by atoms with Crippen LogP contribution < -0.4 is 0 Å². The lowest BCUT2D eigenvalue weighted by atomic mass is 10.2. The maximum atomic E-state index is 10.5. The number of hydrogen-bond acceptors (Lipinski definition) is 3. The third kappa shape index (κ3) is 10.3. The number of carbonyl (C=O) groups is 1. The van der Waals surface area contributed by atoms with E-state index in [1.54, 1.807) is 0 Å². The molecule has 4 heteroatoms. The van der Waals surface area contributed by atoms with Crippen molar-refractivity contribution in [3.8, 4) is 0 Å². The highest BCUT2D eigenvalue weighted by molar-refractivity contribution is 5.71. The minimum atomic E-state index is -0.934. The Morgan fingerprint density at radius 3 is 2.35 bits per heavy atom. The van der Waals surface area contributed by atoms with Crippen LogP contribution in [-0.2, 0) is 14.3 Å². The van der Waals surface area contributed by atoms with Gasteiger partial charge < -0.3 is 14.6 Å². The summed E-state index contributed by atoms with van der Waals surface area (Å²) >= 11 is 0. The lowest BCUT2D eigenvalue weighted by molar-refractivity contribution is -0.151. The second kappa shape index (κ2) is 10.5. The molecular weight excluding hydrogens is 220 g/mol. The van der Waals surface area contributed by atoms with Crippen LogP contribution in [0.25, 0.3) is 0 Å². The summed E-state index contributed by atoms with van der Waals surface area (Å²) in [5.41, 5.74) is 0. The Bertz CT molecular complexity index is 194. The number of carboxylic acid groups (broad SMARTS) is 1. The van der Waals surface area contributed by atoms with Gasteiger partial charge in [-0.05, 0) is 20.3 Å². The van der Waals surface area contributed by atoms with Gasteiger partial charge in [-0.3, -0.25) is 0 Å². The van der Waals surface area contributed by atoms with Gasteiger partial charge in [-0.25, -0.2) is 4.79 Å². The van der Waals surface area contributed by atoms with Crippen LogP contribution in [0.4, 0.5) is 0 Å². The quantitative estimate of drug-likeness (QED) is 0.569. The number of ether oxygens (including phenoxy) is 2. The second-order valence-electron chi connectivity index (χ2n) is 4.41. The van der Waals surface area contributed by atoms with Gasteiger partial charge in [0.15, 0.2) is 6.10 Å². The van der Waals surface area contributed by atoms with E-state index in [9.17, 15) is 4.79 Å². The molecule has 0 spiro atoms. The molecule has 0 fully saturated rings. The van der Waals surface area contributed by atoms with Crippen LogP contribution in [0.1, 0.15) is 52.9 Å². The predicted molar refractivity (Wildman–Crippen MR) is 67.2 cm³/mol. The van der Waals surface area contributed by atoms with Crippen LogP contribution in [-0.4, -0.2) is 36.5 Å². The van der Waals surface area contributed by atoms with E-state index < -0.39 is 12.1 Å². The molecule has 102 valence electrons. The van der Waals surface area contributed by atoms with Gasteiger partial charge in [-0.1, -0.05) is 32.6 Å². The number of aliphatic carboxylic acids is 1. The molecule has 0 aromatic rings. The molecule has 1 N–H and O–H groups in total. The van der Waals surface area contributed by atoms with E-state index >= 15 is 0 Å². The lowest BCUT2D eigenvalue weighted by Gasteiger charge is -2.15. The van der Waals surface area contributed by atoms with Crippen molar-refractivity contribution in [1.82, 2.24) is 0 Å². The fourth-order valence-corrected chi connectivity index (χ4v) is 1.39. The van der Waals surface area contributed by atoms with Gasteiger partial charge >= 0.3 is 5.97 Å². The van der Waals surface area contributed by atoms with Crippen molar-refractivity contribution in [1.29, 1.82) is 0 Å². The minimum absolute atomic E-state index is 0.0389. The molecule has 0 bridgehead atoms. The Morgan fingerprint density at radius 1 is 1.12 bits per heavy atom. The normalized spacial score (nSPS) is 14.5. The number of rotatable bonds is 11. The number of carboxylic acids is 1. The first kappa shape index (κ1) is 16.4. The highest BCUT2D eigenvalue weighted by Crippen LogP contribution is 2.04. The molecule has 0 aromatic carbocycles. The van der Waals surface area contributed by atoms with Gasteiger partial charge in [0.25, 0.3) is 0 Å². The maximum Gasteiger partial charge on any atom is 0.332 e. The molecule has 0 heterocycles. The van der Waals surface area contributed by atoms with E-state index in [0.717, 1.165) is 13.0 Å². The molecule has 0 saturated carbocycles. The average Bonchev–Trinajstić information content (AvgIpc) is 2.30. The van der Waals surface area contributed by atoms with Crippen molar-refractivity contribution in [3.63, 3.8) is 0 Å². The Morgan fingerprint density at radius 2 is 1.76 bits per heavy atom. The smallest absolute Gasteiger partial charge is 0.332 e. The average molecular weight is 246 g/mol. The third-order valence-corrected chi connectivity index (χ3v) is 2.58. The summed E-state index contributed by atoms with van der Waals surface area (Å²) in [6, 6.07) is 0. The summed E-state index contributed by atoms with van der Waals surface area (Å²) in [6.07, 6.45) is 5.27. The van der Waals surface area contributed by atoms with Gasteiger partial charge in [0.05, 0.1) is 12.7 Å². The SMILES string of the molecule is CCCCCCCOC(C)COC(C)C(=O)O. The van der Waals surface area contributed by atoms with Gasteiger partial charge in [-0.2, -0.15) is 0 Å². The first-order chi connectivity index (χ1) is 8.07. The lowest BCUT2D eigenvalue weighted by Crippen LogP contribution is -2.25. The Kier molecular flexibility index (Phi) is 10.2. The van der Waals surface area contributed by atoms with Crippen LogP contribution >= 0.6 is 0 Å². The minimum Gasteiger partial charge on any atom is -0.479 e. The maximum absolute atomic E-state index is 10.5. The van der Waals surface area contributed by atoms with E-state index in [2.05, 4.69) is 6.92 Å². The molecule has 4 nitrogen and oxygen atoms in total. The third-order valence-electron chi connectivity index (χ3n) is 2.58. The standard InChI is InChI=1S/C13H26O4/c1-4-5-6-7-8-9-16-11(2)10-17-12(3)13(14)15/h11-12H,4-10H2,1-3H3,(H,14,15). The van der Waals surface area contributed by atoms with Gasteiger partial charge in [0, 0.05) is 6.61 Å². The highest BCUT2D eigenvalue weighted by Gasteiger charge is 2.12. The summed E-state index contributed by atoms with van der Waals surface area (Å²) in [4.78, 5) is 10.5. The first-order valence-electron chi connectivity index (χ1n) is 6.54. The first-order valence-corrected chi connectivity index (χ1v) is 6.54. The Hall–Kier alpha value is -0.610. The van der Waals surface area contributed by atoms with Crippen molar-refractivity contribution < 1.29 is 19.4 Å². The summed E-state index contributed by atoms with van der Waals surface area (Å²) in [5.74, 6) is -0.934. The fourth-order valence-electron chi connectivity index (χ4n) is 1.39. The summed E-state index contributed by atoms with van der Waals surface area (Å²) in [6.45, 7) is 6.69. The van der Waals surface area contributed by atoms with E-state index in [-0.39, 0.29) is 6.10 Å². The zero-order chi connectivity index (χ0) is 13.1. The van der Waals surface area contributed by atoms with Gasteiger partial charge in [-0.15, -0.1) is 0 Å². The molecule has 0 saturated heterocycles. The predicted octanol–water partition coefficient (Wildman–Crippen LogP) is 2.85. The van der Waals surface area contributed by atoms with E-state index in [0.29, 0.717) is 6.61 Å². The Labute approximate surface area is 104 Å². The largest absolute Gasteiger partial charge is 0.479 e. The number of hydrogen-bond donors (Lipinski definition) is 1. The zero-order valence-electron chi connectivity index (χ0n) is 11.3. The fraction of sp³-hybridized carbons (Fsp3) is 0.923. The van der Waals surface area contributed by atoms with Crippen molar-refractivity contribution in [2.24, 2.45) is 0 Å². The van der Waals surface area contributed by atoms with E-state index in [4.69, 9.17) is 14.6 Å². The second-order valence-corrected chi connectivity index (χ2v) is 4.41. The molecule has 2 unspecified atom stereocenters. The van der Waals surface area contributed by atoms with Crippen molar-refractivity contribution in [2.75, 3.05) is 13.2 Å². The summed E-state index contributed by atoms with van der Waals surface area (Å²) < 4.78 is 10.7. The van der Waals surface area contributed by atoms with E-state index in [1.807, 2.05) is 6.92 Å². The molecule has 0 aromatic heterocycles. The molecular formula is C13H26O4. The van der Waals surface area contributed by atoms with Crippen LogP contribution in [0.15, 0.2) is 0 Å². The molecule has 17 heavy (non-hydrogen) atoms. The molecule has 0 aliphatic carbocycles. The van der Waals surface area contributed by atoms with Crippen molar-refractivity contribution >= 4 is 5.97 Å². The Balaban J connectivity index is 3.34. The molecule has 2 atom stereocenters. The van der Waals surface area contributed by atoms with Crippen molar-refractivity contribution in [2.45, 2.75) is 65.1 Å². The van der Waals surface area contributed by atoms with Crippen molar-refractivity contribution in [3.05, 3.63) is 0 Å². The van der Waals surface area contributed by atoms with Crippen LogP contribution in [0.5, 0.6) is 0 Å². The summed E-state index contributed by atoms with van der Waals surface area (Å²) in [7, 11) is 0. The number of unbranched alkanes of at least 4 members (excludes halogenated alkanes) is 4. The monoisotopic (exact) mass is 246 g/mol. The van der Waals surface area contributed by atoms with Gasteiger partial charge in [0.2, 0.25) is 0 Å². The van der Waals surface area contributed by atoms with E-state index in [1.165, 1.54) is 32.6 Å². The molecule has 0 aliphatic heterocycles. The molecule has 0 radical (unpaired) electrons. The van der Waals surface area contributed by atoms with Gasteiger partial charge in [0.1, 0.15) is 0 Å². The summed E-state index contributed by atoms with van der Waals surface area (Å²) in [5, 5.41) is 8.63. The molecule has 0 rings (SSSR count). The molecule has 0 amide bonds. The van der Waals surface area contributed by atoms with Crippen LogP contribution in [0, 0.1) is 0 Å². The topological polar surface area (TPSA) is 55.8 Å². The molecule has 0 aliphatic rings. The van der Waals surface area contributed by atoms with Crippen LogP contribution in [0.3, 0.4) is 0 Å².